The van der Waals surface area contributed by atoms with Crippen molar-refractivity contribution in [3.63, 3.8) is 0 Å². The molecule has 1 aliphatic rings. The van der Waals surface area contributed by atoms with Gasteiger partial charge in [0, 0.05) is 12.6 Å². The van der Waals surface area contributed by atoms with Crippen molar-refractivity contribution in [2.24, 2.45) is 0 Å². The van der Waals surface area contributed by atoms with Crippen molar-refractivity contribution in [3.8, 4) is 11.5 Å². The van der Waals surface area contributed by atoms with E-state index >= 15 is 0 Å². The lowest BCUT2D eigenvalue weighted by Gasteiger charge is -2.20. The molecule has 0 aliphatic heterocycles. The maximum Gasteiger partial charge on any atom is 0.161 e. The number of methoxy groups -OCH3 is 1. The highest BCUT2D eigenvalue weighted by molar-refractivity contribution is 5.43. The Balaban J connectivity index is 1.86. The van der Waals surface area contributed by atoms with Crippen LogP contribution >= 0.6 is 0 Å². The SMILES string of the molecule is COc1ccc(CNC2CC2)cc1OCCOC(C)(C)C. The summed E-state index contributed by atoms with van der Waals surface area (Å²) in [5.41, 5.74) is 1.08. The third-order valence-electron chi connectivity index (χ3n) is 3.28. The number of nitrogens with one attached hydrogen (secondary N) is 1. The summed E-state index contributed by atoms with van der Waals surface area (Å²) in [7, 11) is 1.66. The van der Waals surface area contributed by atoms with E-state index in [-0.39, 0.29) is 5.60 Å². The molecule has 0 bridgehead atoms. The molecule has 0 amide bonds. The van der Waals surface area contributed by atoms with Crippen LogP contribution in [0.2, 0.25) is 0 Å². The smallest absolute Gasteiger partial charge is 0.161 e. The van der Waals surface area contributed by atoms with E-state index in [1.165, 1.54) is 18.4 Å². The molecule has 0 radical (unpaired) electrons. The highest BCUT2D eigenvalue weighted by Gasteiger charge is 2.20. The molecule has 0 saturated heterocycles. The van der Waals surface area contributed by atoms with Crippen molar-refractivity contribution in [1.82, 2.24) is 5.32 Å². The molecular weight excluding hydrogens is 266 g/mol. The quantitative estimate of drug-likeness (QED) is 0.748. The lowest BCUT2D eigenvalue weighted by atomic mass is 10.2. The molecule has 0 heterocycles. The molecule has 4 heteroatoms. The van der Waals surface area contributed by atoms with Gasteiger partial charge in [-0.2, -0.15) is 0 Å². The zero-order chi connectivity index (χ0) is 15.3. The van der Waals surface area contributed by atoms with Gasteiger partial charge in [0.1, 0.15) is 6.61 Å². The van der Waals surface area contributed by atoms with Crippen molar-refractivity contribution in [2.75, 3.05) is 20.3 Å². The minimum absolute atomic E-state index is 0.135. The van der Waals surface area contributed by atoms with E-state index < -0.39 is 0 Å². The van der Waals surface area contributed by atoms with Gasteiger partial charge in [0.25, 0.3) is 0 Å². The van der Waals surface area contributed by atoms with Gasteiger partial charge in [-0.05, 0) is 51.3 Å². The van der Waals surface area contributed by atoms with Crippen LogP contribution in [0.1, 0.15) is 39.2 Å². The first-order valence-electron chi connectivity index (χ1n) is 7.65. The maximum absolute atomic E-state index is 5.81. The topological polar surface area (TPSA) is 39.7 Å². The molecule has 1 aliphatic carbocycles. The molecule has 2 rings (SSSR count). The molecule has 1 N–H and O–H groups in total. The van der Waals surface area contributed by atoms with E-state index in [0.717, 1.165) is 18.0 Å². The van der Waals surface area contributed by atoms with Crippen LogP contribution in [0.5, 0.6) is 11.5 Å². The van der Waals surface area contributed by atoms with E-state index in [0.29, 0.717) is 19.3 Å². The summed E-state index contributed by atoms with van der Waals surface area (Å²) < 4.78 is 16.8. The summed E-state index contributed by atoms with van der Waals surface area (Å²) in [6, 6.07) is 6.79. The van der Waals surface area contributed by atoms with Crippen molar-refractivity contribution in [1.29, 1.82) is 0 Å². The fourth-order valence-corrected chi connectivity index (χ4v) is 1.99. The Morgan fingerprint density at radius 2 is 1.90 bits per heavy atom. The summed E-state index contributed by atoms with van der Waals surface area (Å²) in [5, 5.41) is 3.50. The Bertz CT molecular complexity index is 450. The second-order valence-corrected chi connectivity index (χ2v) is 6.45. The monoisotopic (exact) mass is 293 g/mol. The summed E-state index contributed by atoms with van der Waals surface area (Å²) in [6.07, 6.45) is 2.59. The predicted octanol–water partition coefficient (Wildman–Crippen LogP) is 3.14. The molecule has 0 atom stereocenters. The van der Waals surface area contributed by atoms with Crippen LogP contribution in [0.25, 0.3) is 0 Å². The molecule has 4 nitrogen and oxygen atoms in total. The van der Waals surface area contributed by atoms with Gasteiger partial charge in [0.15, 0.2) is 11.5 Å². The molecule has 118 valence electrons. The maximum atomic E-state index is 5.81. The van der Waals surface area contributed by atoms with Crippen LogP contribution in [0, 0.1) is 0 Å². The van der Waals surface area contributed by atoms with Gasteiger partial charge in [-0.15, -0.1) is 0 Å². The van der Waals surface area contributed by atoms with Crippen molar-refractivity contribution in [2.45, 2.75) is 51.8 Å². The normalized spacial score (nSPS) is 15.0. The summed E-state index contributed by atoms with van der Waals surface area (Å²) in [5.74, 6) is 1.55. The Morgan fingerprint density at radius 3 is 2.52 bits per heavy atom. The summed E-state index contributed by atoms with van der Waals surface area (Å²) in [6.45, 7) is 8.08. The van der Waals surface area contributed by atoms with Crippen LogP contribution in [0.4, 0.5) is 0 Å². The van der Waals surface area contributed by atoms with Crippen molar-refractivity contribution in [3.05, 3.63) is 23.8 Å². The van der Waals surface area contributed by atoms with E-state index in [1.54, 1.807) is 7.11 Å². The van der Waals surface area contributed by atoms with Gasteiger partial charge in [0.05, 0.1) is 19.3 Å². The first kappa shape index (κ1) is 16.1. The second kappa shape index (κ2) is 7.14. The molecule has 1 aromatic carbocycles. The van der Waals surface area contributed by atoms with Gasteiger partial charge in [-0.1, -0.05) is 6.07 Å². The number of rotatable bonds is 8. The lowest BCUT2D eigenvalue weighted by Crippen LogP contribution is -2.22. The average molecular weight is 293 g/mol. The fourth-order valence-electron chi connectivity index (χ4n) is 1.99. The first-order chi connectivity index (χ1) is 9.98. The van der Waals surface area contributed by atoms with E-state index in [2.05, 4.69) is 11.4 Å². The van der Waals surface area contributed by atoms with E-state index in [9.17, 15) is 0 Å². The van der Waals surface area contributed by atoms with Crippen LogP contribution in [0.3, 0.4) is 0 Å². The van der Waals surface area contributed by atoms with Gasteiger partial charge in [-0.25, -0.2) is 0 Å². The summed E-state index contributed by atoms with van der Waals surface area (Å²) >= 11 is 0. The number of hydrogen-bond donors (Lipinski definition) is 1. The fraction of sp³-hybridized carbons (Fsp3) is 0.647. The number of ether oxygens (including phenoxy) is 3. The largest absolute Gasteiger partial charge is 0.493 e. The molecule has 0 aromatic heterocycles. The Hall–Kier alpha value is -1.26. The van der Waals surface area contributed by atoms with Crippen molar-refractivity contribution < 1.29 is 14.2 Å². The average Bonchev–Trinajstić information content (AvgIpc) is 3.24. The van der Waals surface area contributed by atoms with Crippen LogP contribution in [-0.4, -0.2) is 32.0 Å². The zero-order valence-corrected chi connectivity index (χ0v) is 13.6. The Morgan fingerprint density at radius 1 is 1.14 bits per heavy atom. The van der Waals surface area contributed by atoms with E-state index in [1.807, 2.05) is 32.9 Å². The zero-order valence-electron chi connectivity index (χ0n) is 13.6. The highest BCUT2D eigenvalue weighted by atomic mass is 16.5. The van der Waals surface area contributed by atoms with E-state index in [4.69, 9.17) is 14.2 Å². The van der Waals surface area contributed by atoms with Crippen LogP contribution < -0.4 is 14.8 Å². The van der Waals surface area contributed by atoms with Gasteiger partial charge >= 0.3 is 0 Å². The highest BCUT2D eigenvalue weighted by Crippen LogP contribution is 2.28. The van der Waals surface area contributed by atoms with Crippen LogP contribution in [0.15, 0.2) is 18.2 Å². The van der Waals surface area contributed by atoms with Gasteiger partial charge in [0.2, 0.25) is 0 Å². The van der Waals surface area contributed by atoms with Crippen molar-refractivity contribution >= 4 is 0 Å². The molecule has 21 heavy (non-hydrogen) atoms. The van der Waals surface area contributed by atoms with Gasteiger partial charge in [-0.3, -0.25) is 0 Å². The van der Waals surface area contributed by atoms with Gasteiger partial charge < -0.3 is 19.5 Å². The third-order valence-corrected chi connectivity index (χ3v) is 3.28. The number of hydrogen-bond acceptors (Lipinski definition) is 4. The standard InChI is InChI=1S/C17H27NO3/c1-17(2,3)21-10-9-20-16-11-13(5-8-15(16)19-4)12-18-14-6-7-14/h5,8,11,14,18H,6-7,9-10,12H2,1-4H3. The lowest BCUT2D eigenvalue weighted by molar-refractivity contribution is -0.0165. The summed E-state index contributed by atoms with van der Waals surface area (Å²) in [4.78, 5) is 0. The third kappa shape index (κ3) is 5.94. The minimum atomic E-state index is -0.135. The molecule has 1 aromatic rings. The number of benzene rings is 1. The molecule has 0 spiro atoms. The molecular formula is C17H27NO3. The molecule has 1 fully saturated rings. The van der Waals surface area contributed by atoms with Crippen LogP contribution in [-0.2, 0) is 11.3 Å². The first-order valence-corrected chi connectivity index (χ1v) is 7.65. The Kier molecular flexibility index (Phi) is 5.48. The minimum Gasteiger partial charge on any atom is -0.493 e. The second-order valence-electron chi connectivity index (χ2n) is 6.45. The molecule has 1 saturated carbocycles. The Labute approximate surface area is 127 Å². The predicted molar refractivity (Wildman–Crippen MR) is 84.1 cm³/mol. The molecule has 0 unspecified atom stereocenters.